The molecular formula is C104H66N6. The zero-order valence-electron chi connectivity index (χ0n) is 59.8. The van der Waals surface area contributed by atoms with Crippen molar-refractivity contribution in [1.29, 1.82) is 0 Å². The molecule has 0 saturated heterocycles. The number of fused-ring (bicyclic) bond motifs is 14. The van der Waals surface area contributed by atoms with Crippen molar-refractivity contribution in [3.63, 3.8) is 0 Å². The summed E-state index contributed by atoms with van der Waals surface area (Å²) in [6, 6.07) is 143. The van der Waals surface area contributed by atoms with E-state index in [-0.39, 0.29) is 0 Å². The first kappa shape index (κ1) is 63.7. The molecule has 0 amide bonds. The summed E-state index contributed by atoms with van der Waals surface area (Å²) < 4.78 is 4.46. The van der Waals surface area contributed by atoms with Crippen molar-refractivity contribution in [1.82, 2.24) is 29.1 Å². The van der Waals surface area contributed by atoms with E-state index in [1.165, 1.54) is 131 Å². The molecular weight excluding hydrogens is 1330 g/mol. The monoisotopic (exact) mass is 1400 g/mol. The predicted molar refractivity (Wildman–Crippen MR) is 461 cm³/mol. The zero-order chi connectivity index (χ0) is 72.6. The Morgan fingerprint density at radius 1 is 0.155 bits per heavy atom. The fourth-order valence-corrected chi connectivity index (χ4v) is 16.5. The van der Waals surface area contributed by atoms with Crippen LogP contribution in [0.2, 0.25) is 0 Å². The van der Waals surface area contributed by atoms with Gasteiger partial charge in [-0.1, -0.05) is 322 Å². The molecule has 0 aliphatic heterocycles. The topological polar surface area (TPSA) is 61.4 Å². The molecule has 0 bridgehead atoms. The van der Waals surface area contributed by atoms with Gasteiger partial charge in [-0.2, -0.15) is 0 Å². The van der Waals surface area contributed by atoms with Crippen LogP contribution in [-0.4, -0.2) is 29.1 Å². The molecule has 0 spiro atoms. The van der Waals surface area contributed by atoms with Crippen molar-refractivity contribution in [2.45, 2.75) is 0 Å². The van der Waals surface area contributed by atoms with Crippen LogP contribution in [0, 0.1) is 0 Å². The summed E-state index contributed by atoms with van der Waals surface area (Å²) in [4.78, 5) is 20.9. The zero-order valence-corrected chi connectivity index (χ0v) is 59.8. The number of nitrogens with zero attached hydrogens (tertiary/aromatic N) is 6. The third-order valence-corrected chi connectivity index (χ3v) is 21.9. The van der Waals surface area contributed by atoms with Crippen molar-refractivity contribution in [3.8, 4) is 101 Å². The lowest BCUT2D eigenvalue weighted by molar-refractivity contribution is 0.995. The molecule has 18 aromatic carbocycles. The molecule has 6 nitrogen and oxygen atoms in total. The van der Waals surface area contributed by atoms with Gasteiger partial charge in [0.1, 0.15) is 0 Å². The summed E-state index contributed by atoms with van der Waals surface area (Å²) in [5.74, 6) is 1.31. The Morgan fingerprint density at radius 2 is 0.464 bits per heavy atom. The molecule has 0 N–H and O–H groups in total. The second kappa shape index (κ2) is 26.7. The molecule has 4 aromatic heterocycles. The maximum Gasteiger partial charge on any atom is 0.235 e. The molecule has 0 unspecified atom stereocenters. The summed E-state index contributed by atoms with van der Waals surface area (Å²) >= 11 is 0. The summed E-state index contributed by atoms with van der Waals surface area (Å²) in [6.45, 7) is 0. The SMILES string of the molecule is c1ccc(-c2cc(-c3ccccc3)nc(-n3c4ccccc4c4c5cc(-c6ccc7cc(-c8ccc9ccccc9c8)ccc7c6)ccc5ccc43)n2)cc1.c1ccc(-c2cc(-c3ccccc3)nc(-n3c4ccccc4c4c5ccc(-c6ccc7cc(-c8cccc9ccccc89)ccc7c6)cc5ccc43)n2)cc1. The summed E-state index contributed by atoms with van der Waals surface area (Å²) in [7, 11) is 0. The first-order chi connectivity index (χ1) is 54.5. The predicted octanol–water partition coefficient (Wildman–Crippen LogP) is 27.4. The Labute approximate surface area is 635 Å². The normalized spacial score (nSPS) is 11.6. The summed E-state index contributed by atoms with van der Waals surface area (Å²) in [6.07, 6.45) is 0. The standard InChI is InChI=1S/2C52H33N3/c1-3-13-35(14-4-1)47-33-48(36-15-5-2-6-16-36)54-52(53-47)55-49-21-10-9-19-46(49)51-45-28-26-40(32-42(45)27-29-50(51)55)37-22-23-39-31-41(25-24-38(39)30-37)44-20-11-17-34-12-7-8-18-43(34)44;1-3-12-36(13-4-1)47-33-48(37-14-5-2-6-15-37)54-52(53-47)55-49-18-10-9-17-45(49)51-46-32-44(22-20-35(46)27-28-50(51)55)43-26-25-41-30-40(23-24-42(41)31-43)39-21-19-34-11-7-8-16-38(34)29-39/h2*1-33H. The van der Waals surface area contributed by atoms with E-state index in [4.69, 9.17) is 19.9 Å². The first-order valence-electron chi connectivity index (χ1n) is 37.5. The second-order valence-corrected chi connectivity index (χ2v) is 28.5. The highest BCUT2D eigenvalue weighted by atomic mass is 15.2. The van der Waals surface area contributed by atoms with E-state index in [0.29, 0.717) is 11.9 Å². The summed E-state index contributed by atoms with van der Waals surface area (Å²) in [5.41, 5.74) is 21.8. The minimum atomic E-state index is 0.652. The molecule has 6 heteroatoms. The molecule has 4 heterocycles. The van der Waals surface area contributed by atoms with Gasteiger partial charge in [0.25, 0.3) is 0 Å². The Bertz CT molecular complexity index is 7270. The van der Waals surface area contributed by atoms with Gasteiger partial charge >= 0.3 is 0 Å². The van der Waals surface area contributed by atoms with Gasteiger partial charge in [-0.3, -0.25) is 9.13 Å². The smallest absolute Gasteiger partial charge is 0.235 e. The van der Waals surface area contributed by atoms with Gasteiger partial charge in [0.05, 0.1) is 44.8 Å². The number of benzene rings is 18. The van der Waals surface area contributed by atoms with E-state index in [2.05, 4.69) is 385 Å². The Balaban J connectivity index is 0.000000140. The van der Waals surface area contributed by atoms with Crippen LogP contribution in [0.25, 0.3) is 210 Å². The van der Waals surface area contributed by atoms with Gasteiger partial charge in [0, 0.05) is 43.8 Å². The number of para-hydroxylation sites is 2. The molecule has 512 valence electrons. The van der Waals surface area contributed by atoms with Gasteiger partial charge in [-0.05, 0) is 188 Å². The Morgan fingerprint density at radius 3 is 0.945 bits per heavy atom. The number of hydrogen-bond donors (Lipinski definition) is 0. The van der Waals surface area contributed by atoms with Crippen LogP contribution < -0.4 is 0 Å². The number of hydrogen-bond acceptors (Lipinski definition) is 4. The van der Waals surface area contributed by atoms with Crippen LogP contribution in [0.5, 0.6) is 0 Å². The van der Waals surface area contributed by atoms with E-state index in [9.17, 15) is 0 Å². The Hall–Kier alpha value is -14.7. The van der Waals surface area contributed by atoms with Crippen LogP contribution in [0.3, 0.4) is 0 Å². The highest BCUT2D eigenvalue weighted by Gasteiger charge is 2.22. The third kappa shape index (κ3) is 11.4. The fourth-order valence-electron chi connectivity index (χ4n) is 16.5. The quantitative estimate of drug-likeness (QED) is 0.137. The number of aromatic nitrogens is 6. The first-order valence-corrected chi connectivity index (χ1v) is 37.5. The Kier molecular flexibility index (Phi) is 15.5. The van der Waals surface area contributed by atoms with Crippen LogP contribution in [0.15, 0.2) is 400 Å². The summed E-state index contributed by atoms with van der Waals surface area (Å²) in [5, 5.41) is 19.5. The van der Waals surface area contributed by atoms with Crippen LogP contribution in [0.4, 0.5) is 0 Å². The van der Waals surface area contributed by atoms with Gasteiger partial charge in [0.15, 0.2) is 0 Å². The minimum absolute atomic E-state index is 0.652. The molecule has 22 rings (SSSR count). The molecule has 0 aliphatic carbocycles. The molecule has 0 saturated carbocycles. The van der Waals surface area contributed by atoms with Gasteiger partial charge in [0.2, 0.25) is 11.9 Å². The van der Waals surface area contributed by atoms with Crippen LogP contribution >= 0.6 is 0 Å². The minimum Gasteiger partial charge on any atom is -0.278 e. The maximum absolute atomic E-state index is 5.24. The number of rotatable bonds is 10. The van der Waals surface area contributed by atoms with E-state index in [1.807, 2.05) is 24.3 Å². The van der Waals surface area contributed by atoms with Crippen molar-refractivity contribution < 1.29 is 0 Å². The molecule has 0 radical (unpaired) electrons. The van der Waals surface area contributed by atoms with Crippen molar-refractivity contribution in [2.24, 2.45) is 0 Å². The van der Waals surface area contributed by atoms with E-state index in [0.717, 1.165) is 67.1 Å². The van der Waals surface area contributed by atoms with Gasteiger partial charge in [-0.15, -0.1) is 0 Å². The van der Waals surface area contributed by atoms with Gasteiger partial charge in [-0.25, -0.2) is 19.9 Å². The lowest BCUT2D eigenvalue weighted by Crippen LogP contribution is -2.04. The lowest BCUT2D eigenvalue weighted by atomic mass is 9.94. The van der Waals surface area contributed by atoms with Crippen molar-refractivity contribution in [2.75, 3.05) is 0 Å². The highest BCUT2D eigenvalue weighted by Crippen LogP contribution is 2.43. The molecule has 22 aromatic rings. The second-order valence-electron chi connectivity index (χ2n) is 28.5. The van der Waals surface area contributed by atoms with Crippen molar-refractivity contribution in [3.05, 3.63) is 400 Å². The molecule has 0 atom stereocenters. The average molecular weight is 1400 g/mol. The van der Waals surface area contributed by atoms with E-state index >= 15 is 0 Å². The van der Waals surface area contributed by atoms with Crippen LogP contribution in [0.1, 0.15) is 0 Å². The molecule has 0 aliphatic rings. The van der Waals surface area contributed by atoms with E-state index < -0.39 is 0 Å². The fraction of sp³-hybridized carbons (Fsp3) is 0. The van der Waals surface area contributed by atoms with E-state index in [1.54, 1.807) is 0 Å². The maximum atomic E-state index is 5.24. The highest BCUT2D eigenvalue weighted by molar-refractivity contribution is 6.23. The average Bonchev–Trinajstić information content (AvgIpc) is 1.57. The van der Waals surface area contributed by atoms with Crippen molar-refractivity contribution >= 4 is 108 Å². The third-order valence-electron chi connectivity index (χ3n) is 21.9. The lowest BCUT2D eigenvalue weighted by Gasteiger charge is -2.12. The van der Waals surface area contributed by atoms with Gasteiger partial charge < -0.3 is 0 Å². The van der Waals surface area contributed by atoms with Crippen LogP contribution in [-0.2, 0) is 0 Å². The molecule has 0 fully saturated rings. The largest absolute Gasteiger partial charge is 0.278 e. The molecule has 110 heavy (non-hydrogen) atoms.